The van der Waals surface area contributed by atoms with Crippen LogP contribution < -0.4 is 4.90 Å². The minimum Gasteiger partial charge on any atom is -0.504 e. The number of phenols is 2. The second-order valence-corrected chi connectivity index (χ2v) is 3.73. The van der Waals surface area contributed by atoms with E-state index in [2.05, 4.69) is 4.90 Å². The molecule has 1 saturated heterocycles. The lowest BCUT2D eigenvalue weighted by atomic mass is 10.1. The fourth-order valence-corrected chi connectivity index (χ4v) is 1.82. The van der Waals surface area contributed by atoms with Crippen LogP contribution in [0.15, 0.2) is 12.1 Å². The average Bonchev–Trinajstić information content (AvgIpc) is 2.25. The first-order chi connectivity index (χ1) is 7.18. The minimum atomic E-state index is -0.0675. The Morgan fingerprint density at radius 3 is 2.40 bits per heavy atom. The summed E-state index contributed by atoms with van der Waals surface area (Å²) < 4.78 is 5.26. The van der Waals surface area contributed by atoms with Gasteiger partial charge in [0.1, 0.15) is 0 Å². The van der Waals surface area contributed by atoms with Crippen molar-refractivity contribution in [2.24, 2.45) is 0 Å². The van der Waals surface area contributed by atoms with Crippen LogP contribution in [0, 0.1) is 6.92 Å². The minimum absolute atomic E-state index is 0.0653. The molecule has 0 bridgehead atoms. The van der Waals surface area contributed by atoms with Crippen molar-refractivity contribution in [2.45, 2.75) is 6.92 Å². The third-order valence-corrected chi connectivity index (χ3v) is 2.64. The SMILES string of the molecule is Cc1cc(O)c(O)cc1N1CCOCC1. The van der Waals surface area contributed by atoms with Crippen LogP contribution in [0.5, 0.6) is 11.5 Å². The number of aryl methyl sites for hydroxylation is 1. The summed E-state index contributed by atoms with van der Waals surface area (Å²) in [5.74, 6) is -0.133. The van der Waals surface area contributed by atoms with E-state index in [4.69, 9.17) is 4.74 Å². The Morgan fingerprint density at radius 2 is 1.73 bits per heavy atom. The van der Waals surface area contributed by atoms with Gasteiger partial charge in [-0.1, -0.05) is 0 Å². The second-order valence-electron chi connectivity index (χ2n) is 3.73. The maximum Gasteiger partial charge on any atom is 0.159 e. The van der Waals surface area contributed by atoms with Gasteiger partial charge in [-0.25, -0.2) is 0 Å². The normalized spacial score (nSPS) is 16.7. The maximum atomic E-state index is 9.45. The van der Waals surface area contributed by atoms with E-state index >= 15 is 0 Å². The van der Waals surface area contributed by atoms with Gasteiger partial charge in [0.2, 0.25) is 0 Å². The van der Waals surface area contributed by atoms with E-state index in [0.29, 0.717) is 13.2 Å². The quantitative estimate of drug-likeness (QED) is 0.683. The molecule has 0 aliphatic carbocycles. The molecule has 4 heteroatoms. The maximum absolute atomic E-state index is 9.45. The molecule has 1 aliphatic rings. The molecule has 1 heterocycles. The van der Waals surface area contributed by atoms with E-state index < -0.39 is 0 Å². The highest BCUT2D eigenvalue weighted by Gasteiger charge is 2.15. The van der Waals surface area contributed by atoms with Crippen LogP contribution in [0.1, 0.15) is 5.56 Å². The van der Waals surface area contributed by atoms with E-state index in [1.165, 1.54) is 0 Å². The number of aromatic hydroxyl groups is 2. The van der Waals surface area contributed by atoms with Crippen LogP contribution in [0.3, 0.4) is 0 Å². The highest BCUT2D eigenvalue weighted by Crippen LogP contribution is 2.33. The van der Waals surface area contributed by atoms with Crippen LogP contribution in [-0.4, -0.2) is 36.5 Å². The number of rotatable bonds is 1. The molecular weight excluding hydrogens is 194 g/mol. The summed E-state index contributed by atoms with van der Waals surface area (Å²) in [6, 6.07) is 3.19. The lowest BCUT2D eigenvalue weighted by Crippen LogP contribution is -2.36. The summed E-state index contributed by atoms with van der Waals surface area (Å²) in [6.07, 6.45) is 0. The third-order valence-electron chi connectivity index (χ3n) is 2.64. The Morgan fingerprint density at radius 1 is 1.13 bits per heavy atom. The van der Waals surface area contributed by atoms with Gasteiger partial charge in [-0.2, -0.15) is 0 Å². The van der Waals surface area contributed by atoms with Gasteiger partial charge in [0.05, 0.1) is 13.2 Å². The van der Waals surface area contributed by atoms with E-state index in [1.54, 1.807) is 12.1 Å². The number of hydrogen-bond donors (Lipinski definition) is 2. The molecule has 2 N–H and O–H groups in total. The molecule has 1 aliphatic heterocycles. The number of phenolic OH excluding ortho intramolecular Hbond substituents is 2. The molecule has 0 amide bonds. The molecule has 0 radical (unpaired) electrons. The van der Waals surface area contributed by atoms with Crippen LogP contribution in [-0.2, 0) is 4.74 Å². The van der Waals surface area contributed by atoms with Crippen molar-refractivity contribution in [1.82, 2.24) is 0 Å². The Labute approximate surface area is 88.7 Å². The van der Waals surface area contributed by atoms with E-state index in [1.807, 2.05) is 6.92 Å². The van der Waals surface area contributed by atoms with Gasteiger partial charge in [-0.15, -0.1) is 0 Å². The highest BCUT2D eigenvalue weighted by atomic mass is 16.5. The second kappa shape index (κ2) is 3.98. The van der Waals surface area contributed by atoms with Gasteiger partial charge in [0.15, 0.2) is 11.5 Å². The number of ether oxygens (including phenoxy) is 1. The predicted molar refractivity (Wildman–Crippen MR) is 57.5 cm³/mol. The molecule has 2 rings (SSSR count). The Bertz CT molecular complexity index is 359. The number of benzene rings is 1. The van der Waals surface area contributed by atoms with Crippen molar-refractivity contribution in [2.75, 3.05) is 31.2 Å². The number of nitrogens with zero attached hydrogens (tertiary/aromatic N) is 1. The molecule has 0 saturated carbocycles. The summed E-state index contributed by atoms with van der Waals surface area (Å²) in [7, 11) is 0. The van der Waals surface area contributed by atoms with Crippen molar-refractivity contribution in [3.05, 3.63) is 17.7 Å². The zero-order valence-electron chi connectivity index (χ0n) is 8.73. The molecule has 0 atom stereocenters. The van der Waals surface area contributed by atoms with Crippen molar-refractivity contribution in [1.29, 1.82) is 0 Å². The Balaban J connectivity index is 2.30. The molecular formula is C11H15NO3. The first kappa shape index (κ1) is 10.1. The molecule has 0 spiro atoms. The number of anilines is 1. The standard InChI is InChI=1S/C11H15NO3/c1-8-6-10(13)11(14)7-9(8)12-2-4-15-5-3-12/h6-7,13-14H,2-5H2,1H3. The molecule has 1 fully saturated rings. The predicted octanol–water partition coefficient (Wildman–Crippen LogP) is 1.24. The molecule has 1 aromatic carbocycles. The molecule has 0 aromatic heterocycles. The van der Waals surface area contributed by atoms with Crippen molar-refractivity contribution >= 4 is 5.69 Å². The van der Waals surface area contributed by atoms with Gasteiger partial charge in [0, 0.05) is 24.8 Å². The van der Waals surface area contributed by atoms with E-state index in [-0.39, 0.29) is 11.5 Å². The zero-order chi connectivity index (χ0) is 10.8. The van der Waals surface area contributed by atoms with Crippen LogP contribution in [0.2, 0.25) is 0 Å². The van der Waals surface area contributed by atoms with Crippen LogP contribution in [0.25, 0.3) is 0 Å². The van der Waals surface area contributed by atoms with E-state index in [9.17, 15) is 10.2 Å². The zero-order valence-corrected chi connectivity index (χ0v) is 8.73. The molecule has 1 aromatic rings. The molecule has 4 nitrogen and oxygen atoms in total. The topological polar surface area (TPSA) is 52.9 Å². The van der Waals surface area contributed by atoms with Gasteiger partial charge in [-0.05, 0) is 18.6 Å². The van der Waals surface area contributed by atoms with Crippen molar-refractivity contribution in [3.63, 3.8) is 0 Å². The summed E-state index contributed by atoms with van der Waals surface area (Å²) >= 11 is 0. The average molecular weight is 209 g/mol. The van der Waals surface area contributed by atoms with Gasteiger partial charge in [-0.3, -0.25) is 0 Å². The monoisotopic (exact) mass is 209 g/mol. The smallest absolute Gasteiger partial charge is 0.159 e. The van der Waals surface area contributed by atoms with E-state index in [0.717, 1.165) is 24.3 Å². The van der Waals surface area contributed by atoms with Crippen LogP contribution >= 0.6 is 0 Å². The largest absolute Gasteiger partial charge is 0.504 e. The van der Waals surface area contributed by atoms with Gasteiger partial charge in [0.25, 0.3) is 0 Å². The highest BCUT2D eigenvalue weighted by molar-refractivity contribution is 5.61. The molecule has 15 heavy (non-hydrogen) atoms. The van der Waals surface area contributed by atoms with Gasteiger partial charge >= 0.3 is 0 Å². The molecule has 82 valence electrons. The summed E-state index contributed by atoms with van der Waals surface area (Å²) in [6.45, 7) is 4.99. The summed E-state index contributed by atoms with van der Waals surface area (Å²) in [5.41, 5.74) is 1.93. The fourth-order valence-electron chi connectivity index (χ4n) is 1.82. The Hall–Kier alpha value is -1.42. The fraction of sp³-hybridized carbons (Fsp3) is 0.455. The van der Waals surface area contributed by atoms with Crippen molar-refractivity contribution in [3.8, 4) is 11.5 Å². The van der Waals surface area contributed by atoms with Gasteiger partial charge < -0.3 is 19.8 Å². The van der Waals surface area contributed by atoms with Crippen molar-refractivity contribution < 1.29 is 14.9 Å². The molecule has 0 unspecified atom stereocenters. The first-order valence-electron chi connectivity index (χ1n) is 5.04. The number of hydrogen-bond acceptors (Lipinski definition) is 4. The summed E-state index contributed by atoms with van der Waals surface area (Å²) in [5, 5.41) is 18.8. The summed E-state index contributed by atoms with van der Waals surface area (Å²) in [4.78, 5) is 2.15. The number of morpholine rings is 1. The lowest BCUT2D eigenvalue weighted by Gasteiger charge is -2.30. The first-order valence-corrected chi connectivity index (χ1v) is 5.04. The lowest BCUT2D eigenvalue weighted by molar-refractivity contribution is 0.122. The van der Waals surface area contributed by atoms with Crippen LogP contribution in [0.4, 0.5) is 5.69 Å². The Kier molecular flexibility index (Phi) is 2.68. The third kappa shape index (κ3) is 1.99.